The van der Waals surface area contributed by atoms with Gasteiger partial charge in [0.15, 0.2) is 17.5 Å². The highest BCUT2D eigenvalue weighted by Crippen LogP contribution is 2.63. The second kappa shape index (κ2) is 12.7. The maximum Gasteiger partial charge on any atom is 0.164 e. The van der Waals surface area contributed by atoms with Crippen LogP contribution < -0.4 is 0 Å². The zero-order chi connectivity index (χ0) is 39.3. The van der Waals surface area contributed by atoms with Crippen molar-refractivity contribution >= 4 is 31.5 Å². The molecule has 0 bridgehead atoms. The van der Waals surface area contributed by atoms with E-state index in [0.29, 0.717) is 17.5 Å². The number of hydrogen-bond acceptors (Lipinski definition) is 4. The SMILES string of the molecule is CC1(C)c2ccccc2C2(c3ccccc3-c3ccccc32)c2cccc(-c3cccc(-c4nc(-c5ccccc5)nc(-c5ccc6c(c5)sc5ccccc56)n4)c3)c21. The van der Waals surface area contributed by atoms with Crippen LogP contribution >= 0.6 is 11.3 Å². The highest BCUT2D eigenvalue weighted by molar-refractivity contribution is 7.25. The second-order valence-electron chi connectivity index (χ2n) is 16.3. The Hall–Kier alpha value is -7.01. The van der Waals surface area contributed by atoms with Crippen molar-refractivity contribution in [2.75, 3.05) is 0 Å². The summed E-state index contributed by atoms with van der Waals surface area (Å²) in [6.07, 6.45) is 0. The fourth-order valence-electron chi connectivity index (χ4n) is 10.3. The first-order chi connectivity index (χ1) is 29.0. The first-order valence-electron chi connectivity index (χ1n) is 20.3. The van der Waals surface area contributed by atoms with Gasteiger partial charge in [-0.3, -0.25) is 0 Å². The zero-order valence-electron chi connectivity index (χ0n) is 32.6. The van der Waals surface area contributed by atoms with E-state index in [1.54, 1.807) is 11.3 Å². The van der Waals surface area contributed by atoms with Crippen LogP contribution in [0, 0.1) is 0 Å². The van der Waals surface area contributed by atoms with Crippen LogP contribution in [0.25, 0.3) is 76.6 Å². The molecule has 3 nitrogen and oxygen atoms in total. The van der Waals surface area contributed by atoms with E-state index >= 15 is 0 Å². The molecule has 0 radical (unpaired) electrons. The Morgan fingerprint density at radius 2 is 0.864 bits per heavy atom. The third kappa shape index (κ3) is 4.90. The highest BCUT2D eigenvalue weighted by atomic mass is 32.1. The zero-order valence-corrected chi connectivity index (χ0v) is 33.5. The van der Waals surface area contributed by atoms with Gasteiger partial charge in [0.25, 0.3) is 0 Å². The van der Waals surface area contributed by atoms with E-state index < -0.39 is 5.41 Å². The van der Waals surface area contributed by atoms with Gasteiger partial charge in [-0.1, -0.05) is 184 Å². The fourth-order valence-corrected chi connectivity index (χ4v) is 11.4. The molecule has 1 spiro atoms. The summed E-state index contributed by atoms with van der Waals surface area (Å²) in [5.41, 5.74) is 15.2. The third-order valence-electron chi connectivity index (χ3n) is 12.8. The molecular weight excluding hydrogens is 735 g/mol. The maximum atomic E-state index is 5.23. The number of fused-ring (bicyclic) bond motifs is 12. The van der Waals surface area contributed by atoms with Crippen molar-refractivity contribution in [3.05, 3.63) is 221 Å². The summed E-state index contributed by atoms with van der Waals surface area (Å²) in [5, 5.41) is 2.53. The van der Waals surface area contributed by atoms with Crippen LogP contribution in [0.3, 0.4) is 0 Å². The first-order valence-corrected chi connectivity index (χ1v) is 21.1. The smallest absolute Gasteiger partial charge is 0.164 e. The van der Waals surface area contributed by atoms with E-state index in [-0.39, 0.29) is 5.41 Å². The predicted octanol–water partition coefficient (Wildman–Crippen LogP) is 13.9. The molecule has 0 unspecified atom stereocenters. The van der Waals surface area contributed by atoms with Crippen LogP contribution in [-0.4, -0.2) is 15.0 Å². The Kier molecular flexibility index (Phi) is 7.36. The molecule has 2 heterocycles. The van der Waals surface area contributed by atoms with E-state index in [2.05, 4.69) is 184 Å². The highest BCUT2D eigenvalue weighted by Gasteiger charge is 2.53. The molecule has 10 aromatic rings. The summed E-state index contributed by atoms with van der Waals surface area (Å²) >= 11 is 1.81. The first kappa shape index (κ1) is 34.1. The topological polar surface area (TPSA) is 38.7 Å². The lowest BCUT2D eigenvalue weighted by Gasteiger charge is -2.47. The van der Waals surface area contributed by atoms with E-state index in [1.165, 1.54) is 70.2 Å². The van der Waals surface area contributed by atoms with Gasteiger partial charge in [-0.15, -0.1) is 11.3 Å². The summed E-state index contributed by atoms with van der Waals surface area (Å²) in [5.74, 6) is 1.97. The van der Waals surface area contributed by atoms with Gasteiger partial charge >= 0.3 is 0 Å². The summed E-state index contributed by atoms with van der Waals surface area (Å²) < 4.78 is 2.50. The molecule has 0 fully saturated rings. The molecule has 0 aliphatic heterocycles. The molecule has 2 aliphatic rings. The van der Waals surface area contributed by atoms with Crippen LogP contribution in [0.4, 0.5) is 0 Å². The minimum atomic E-state index is -0.453. The van der Waals surface area contributed by atoms with E-state index in [9.17, 15) is 0 Å². The number of hydrogen-bond donors (Lipinski definition) is 0. The van der Waals surface area contributed by atoms with Gasteiger partial charge in [0, 0.05) is 42.3 Å². The average molecular weight is 772 g/mol. The monoisotopic (exact) mass is 771 g/mol. The number of thiophene rings is 1. The Labute approximate surface area is 347 Å². The van der Waals surface area contributed by atoms with Crippen molar-refractivity contribution in [1.29, 1.82) is 0 Å². The number of benzene rings is 8. The molecule has 0 saturated heterocycles. The van der Waals surface area contributed by atoms with Crippen molar-refractivity contribution in [1.82, 2.24) is 15.0 Å². The molecule has 8 aromatic carbocycles. The van der Waals surface area contributed by atoms with Crippen molar-refractivity contribution in [2.45, 2.75) is 24.7 Å². The minimum Gasteiger partial charge on any atom is -0.208 e. The third-order valence-corrected chi connectivity index (χ3v) is 13.9. The van der Waals surface area contributed by atoms with Gasteiger partial charge in [0.1, 0.15) is 0 Å². The molecule has 0 atom stereocenters. The van der Waals surface area contributed by atoms with Crippen LogP contribution in [-0.2, 0) is 10.8 Å². The van der Waals surface area contributed by atoms with E-state index in [0.717, 1.165) is 22.3 Å². The van der Waals surface area contributed by atoms with Crippen LogP contribution in [0.15, 0.2) is 188 Å². The molecule has 278 valence electrons. The molecule has 0 amide bonds. The van der Waals surface area contributed by atoms with Gasteiger partial charge < -0.3 is 0 Å². The number of aromatic nitrogens is 3. The molecule has 2 aromatic heterocycles. The summed E-state index contributed by atoms with van der Waals surface area (Å²) in [4.78, 5) is 15.5. The Morgan fingerprint density at radius 3 is 1.61 bits per heavy atom. The van der Waals surface area contributed by atoms with Crippen molar-refractivity contribution in [2.24, 2.45) is 0 Å². The van der Waals surface area contributed by atoms with Gasteiger partial charge in [0.2, 0.25) is 0 Å². The largest absolute Gasteiger partial charge is 0.208 e. The lowest BCUT2D eigenvalue weighted by Crippen LogP contribution is -2.41. The average Bonchev–Trinajstić information content (AvgIpc) is 3.82. The molecular formula is C55H37N3S. The molecule has 2 aliphatic carbocycles. The van der Waals surface area contributed by atoms with Crippen LogP contribution in [0.5, 0.6) is 0 Å². The molecule has 0 saturated carbocycles. The second-order valence-corrected chi connectivity index (χ2v) is 17.4. The van der Waals surface area contributed by atoms with Gasteiger partial charge in [0.05, 0.1) is 5.41 Å². The molecule has 59 heavy (non-hydrogen) atoms. The Morgan fingerprint density at radius 1 is 0.356 bits per heavy atom. The lowest BCUT2D eigenvalue weighted by molar-refractivity contribution is 0.565. The lowest BCUT2D eigenvalue weighted by atomic mass is 9.54. The number of nitrogens with zero attached hydrogens (tertiary/aromatic N) is 3. The molecule has 12 rings (SSSR count). The van der Waals surface area contributed by atoms with Crippen molar-refractivity contribution < 1.29 is 0 Å². The normalized spacial score (nSPS) is 14.2. The van der Waals surface area contributed by atoms with Crippen molar-refractivity contribution in [3.63, 3.8) is 0 Å². The summed E-state index contributed by atoms with van der Waals surface area (Å²) in [6, 6.07) is 68.4. The van der Waals surface area contributed by atoms with E-state index in [1.807, 2.05) is 18.2 Å². The quantitative estimate of drug-likeness (QED) is 0.179. The fraction of sp³-hybridized carbons (Fsp3) is 0.0727. The van der Waals surface area contributed by atoms with Gasteiger partial charge in [-0.05, 0) is 73.8 Å². The van der Waals surface area contributed by atoms with Gasteiger partial charge in [-0.2, -0.15) is 0 Å². The maximum absolute atomic E-state index is 5.23. The number of rotatable bonds is 4. The van der Waals surface area contributed by atoms with Gasteiger partial charge in [-0.25, -0.2) is 15.0 Å². The standard InChI is InChI=1S/C55H37N3S/c1-54(2)45-26-11-12-27-46(45)55(43-24-9-6-20-39(43)40-21-7-10-25-44(40)55)47-28-15-23-38(50(47)54)35-18-14-19-36(32-35)52-56-51(34-16-4-3-5-17-34)57-53(58-52)37-30-31-42-41-22-8-13-29-48(41)59-49(42)33-37/h3-33H,1-2H3. The minimum absolute atomic E-state index is 0.289. The summed E-state index contributed by atoms with van der Waals surface area (Å²) in [6.45, 7) is 4.80. The molecule has 0 N–H and O–H groups in total. The van der Waals surface area contributed by atoms with E-state index in [4.69, 9.17) is 15.0 Å². The van der Waals surface area contributed by atoms with Crippen LogP contribution in [0.2, 0.25) is 0 Å². The summed E-state index contributed by atoms with van der Waals surface area (Å²) in [7, 11) is 0. The Balaban J connectivity index is 1.06. The molecule has 4 heteroatoms. The Bertz CT molecular complexity index is 3280. The van der Waals surface area contributed by atoms with Crippen LogP contribution in [0.1, 0.15) is 47.2 Å². The predicted molar refractivity (Wildman–Crippen MR) is 244 cm³/mol. The van der Waals surface area contributed by atoms with Crippen molar-refractivity contribution in [3.8, 4) is 56.4 Å².